The van der Waals surface area contributed by atoms with E-state index in [1.165, 1.54) is 20.3 Å². The van der Waals surface area contributed by atoms with Gasteiger partial charge in [0.25, 0.3) is 11.1 Å². The molecule has 1 saturated heterocycles. The molecular weight excluding hydrogens is 552 g/mol. The molecule has 1 heterocycles. The Balaban J connectivity index is 1.75. The van der Waals surface area contributed by atoms with Crippen LogP contribution in [0.4, 0.5) is 10.5 Å². The first-order chi connectivity index (χ1) is 16.2. The number of hydrogen-bond acceptors (Lipinski definition) is 8. The van der Waals surface area contributed by atoms with E-state index in [4.69, 9.17) is 21.1 Å². The zero-order chi connectivity index (χ0) is 24.8. The van der Waals surface area contributed by atoms with Gasteiger partial charge in [0.1, 0.15) is 6.54 Å². The van der Waals surface area contributed by atoms with E-state index in [9.17, 15) is 19.2 Å². The van der Waals surface area contributed by atoms with Gasteiger partial charge < -0.3 is 19.5 Å². The number of rotatable bonds is 8. The predicted octanol–water partition coefficient (Wildman–Crippen LogP) is 4.34. The number of imide groups is 1. The van der Waals surface area contributed by atoms with Gasteiger partial charge in [0.05, 0.1) is 34.3 Å². The molecule has 0 saturated carbocycles. The second kappa shape index (κ2) is 11.4. The maximum atomic E-state index is 12.8. The van der Waals surface area contributed by atoms with E-state index in [0.717, 1.165) is 4.90 Å². The maximum absolute atomic E-state index is 12.8. The summed E-state index contributed by atoms with van der Waals surface area (Å²) in [5.74, 6) is -1.17. The van der Waals surface area contributed by atoms with E-state index in [-0.39, 0.29) is 17.3 Å². The van der Waals surface area contributed by atoms with E-state index >= 15 is 0 Å². The number of carbonyl (C=O) groups excluding carboxylic acids is 4. The van der Waals surface area contributed by atoms with E-state index in [1.54, 1.807) is 36.4 Å². The first kappa shape index (κ1) is 25.6. The highest BCUT2D eigenvalue weighted by atomic mass is 79.9. The first-order valence-electron chi connectivity index (χ1n) is 9.60. The summed E-state index contributed by atoms with van der Waals surface area (Å²) >= 11 is 10.1. The van der Waals surface area contributed by atoms with Crippen LogP contribution < -0.4 is 14.8 Å². The van der Waals surface area contributed by atoms with Gasteiger partial charge in [-0.25, -0.2) is 4.79 Å². The number of anilines is 1. The highest BCUT2D eigenvalue weighted by Gasteiger charge is 2.36. The van der Waals surface area contributed by atoms with Gasteiger partial charge in [-0.1, -0.05) is 23.7 Å². The normalized spacial score (nSPS) is 14.4. The Morgan fingerprint density at radius 3 is 2.62 bits per heavy atom. The van der Waals surface area contributed by atoms with E-state index in [2.05, 4.69) is 26.0 Å². The second-order valence-corrected chi connectivity index (χ2v) is 8.95. The molecule has 178 valence electrons. The van der Waals surface area contributed by atoms with Gasteiger partial charge in [0.2, 0.25) is 5.91 Å². The number of amides is 3. The summed E-state index contributed by atoms with van der Waals surface area (Å²) < 4.78 is 15.8. The summed E-state index contributed by atoms with van der Waals surface area (Å²) in [5.41, 5.74) is 0.906. The third-order valence-corrected chi connectivity index (χ3v) is 6.26. The summed E-state index contributed by atoms with van der Waals surface area (Å²) in [6.45, 7) is -0.777. The SMILES string of the molecule is COC(=O)COc1c(Br)cc(/C=C2/SC(=O)N(CC(=O)Nc3ccccc3Cl)C2=O)cc1OC. The van der Waals surface area contributed by atoms with Gasteiger partial charge in [-0.05, 0) is 63.6 Å². The van der Waals surface area contributed by atoms with Crippen molar-refractivity contribution < 1.29 is 33.4 Å². The van der Waals surface area contributed by atoms with Crippen LogP contribution in [0.25, 0.3) is 6.08 Å². The van der Waals surface area contributed by atoms with Gasteiger partial charge >= 0.3 is 5.97 Å². The Labute approximate surface area is 212 Å². The summed E-state index contributed by atoms with van der Waals surface area (Å²) in [6, 6.07) is 9.84. The van der Waals surface area contributed by atoms with Crippen molar-refractivity contribution in [2.24, 2.45) is 0 Å². The van der Waals surface area contributed by atoms with Crippen LogP contribution in [0.15, 0.2) is 45.8 Å². The molecule has 0 unspecified atom stereocenters. The molecule has 2 aromatic rings. The number of carbonyl (C=O) groups is 4. The predicted molar refractivity (Wildman–Crippen MR) is 131 cm³/mol. The number of benzene rings is 2. The van der Waals surface area contributed by atoms with Gasteiger partial charge in [0.15, 0.2) is 18.1 Å². The third-order valence-electron chi connectivity index (χ3n) is 4.43. The lowest BCUT2D eigenvalue weighted by molar-refractivity contribution is -0.143. The molecule has 9 nitrogen and oxygen atoms in total. The highest BCUT2D eigenvalue weighted by molar-refractivity contribution is 9.10. The van der Waals surface area contributed by atoms with Crippen molar-refractivity contribution >= 4 is 74.1 Å². The molecule has 0 aliphatic carbocycles. The van der Waals surface area contributed by atoms with Gasteiger partial charge in [0, 0.05) is 0 Å². The van der Waals surface area contributed by atoms with Gasteiger partial charge in [-0.3, -0.25) is 19.3 Å². The molecule has 12 heteroatoms. The minimum Gasteiger partial charge on any atom is -0.493 e. The molecule has 0 spiro atoms. The van der Waals surface area contributed by atoms with E-state index < -0.39 is 29.6 Å². The van der Waals surface area contributed by atoms with E-state index in [1.807, 2.05) is 0 Å². The fourth-order valence-corrected chi connectivity index (χ4v) is 4.43. The molecular formula is C22H18BrClN2O7S. The highest BCUT2D eigenvalue weighted by Crippen LogP contribution is 2.39. The second-order valence-electron chi connectivity index (χ2n) is 6.69. The molecule has 1 aliphatic heterocycles. The Hall–Kier alpha value is -3.02. The molecule has 1 aliphatic rings. The van der Waals surface area contributed by atoms with Crippen LogP contribution in [-0.2, 0) is 19.1 Å². The Kier molecular flexibility index (Phi) is 8.59. The summed E-state index contributed by atoms with van der Waals surface area (Å²) in [5, 5.41) is 2.34. The molecule has 3 amide bonds. The molecule has 2 aromatic carbocycles. The topological polar surface area (TPSA) is 111 Å². The van der Waals surface area contributed by atoms with Crippen LogP contribution in [0.3, 0.4) is 0 Å². The van der Waals surface area contributed by atoms with Crippen LogP contribution >= 0.6 is 39.3 Å². The molecule has 0 bridgehead atoms. The third kappa shape index (κ3) is 6.10. The van der Waals surface area contributed by atoms with Crippen molar-refractivity contribution in [1.82, 2.24) is 4.90 Å². The van der Waals surface area contributed by atoms with Crippen molar-refractivity contribution in [3.63, 3.8) is 0 Å². The number of para-hydroxylation sites is 1. The van der Waals surface area contributed by atoms with E-state index in [0.29, 0.717) is 38.3 Å². The number of halogens is 2. The quantitative estimate of drug-likeness (QED) is 0.369. The zero-order valence-corrected chi connectivity index (χ0v) is 21.1. The molecule has 0 radical (unpaired) electrons. The molecule has 3 rings (SSSR count). The monoisotopic (exact) mass is 568 g/mol. The molecule has 0 aromatic heterocycles. The molecule has 1 N–H and O–H groups in total. The van der Waals surface area contributed by atoms with Crippen molar-refractivity contribution in [1.29, 1.82) is 0 Å². The largest absolute Gasteiger partial charge is 0.493 e. The minimum absolute atomic E-state index is 0.132. The van der Waals surface area contributed by atoms with Gasteiger partial charge in [-0.15, -0.1) is 0 Å². The average Bonchev–Trinajstić information content (AvgIpc) is 3.06. The Morgan fingerprint density at radius 1 is 1.21 bits per heavy atom. The van der Waals surface area contributed by atoms with Crippen molar-refractivity contribution in [3.05, 3.63) is 56.4 Å². The number of esters is 1. The first-order valence-corrected chi connectivity index (χ1v) is 11.6. The van der Waals surface area contributed by atoms with Crippen LogP contribution in [0.5, 0.6) is 11.5 Å². The van der Waals surface area contributed by atoms with Crippen molar-refractivity contribution in [3.8, 4) is 11.5 Å². The van der Waals surface area contributed by atoms with Crippen LogP contribution in [0, 0.1) is 0 Å². The summed E-state index contributed by atoms with van der Waals surface area (Å²) in [7, 11) is 2.66. The van der Waals surface area contributed by atoms with Crippen molar-refractivity contribution in [2.75, 3.05) is 32.7 Å². The summed E-state index contributed by atoms with van der Waals surface area (Å²) in [6.07, 6.45) is 1.49. The average molecular weight is 570 g/mol. The number of methoxy groups -OCH3 is 2. The maximum Gasteiger partial charge on any atom is 0.343 e. The molecule has 1 fully saturated rings. The zero-order valence-electron chi connectivity index (χ0n) is 17.9. The van der Waals surface area contributed by atoms with Gasteiger partial charge in [-0.2, -0.15) is 0 Å². The molecule has 0 atom stereocenters. The standard InChI is InChI=1S/C22H18BrClN2O7S/c1-31-16-8-12(7-13(23)20(16)33-11-19(28)32-2)9-17-21(29)26(22(30)34-17)10-18(27)25-15-6-4-3-5-14(15)24/h3-9H,10-11H2,1-2H3,(H,25,27)/b17-9+. The minimum atomic E-state index is -0.606. The summed E-state index contributed by atoms with van der Waals surface area (Å²) in [4.78, 5) is 49.9. The van der Waals surface area contributed by atoms with Crippen LogP contribution in [0.1, 0.15) is 5.56 Å². The number of ether oxygens (including phenoxy) is 3. The number of nitrogens with zero attached hydrogens (tertiary/aromatic N) is 1. The fourth-order valence-electron chi connectivity index (χ4n) is 2.84. The lowest BCUT2D eigenvalue weighted by atomic mass is 10.2. The lowest BCUT2D eigenvalue weighted by Gasteiger charge is -2.13. The lowest BCUT2D eigenvalue weighted by Crippen LogP contribution is -2.36. The number of thioether (sulfide) groups is 1. The van der Waals surface area contributed by atoms with Crippen LogP contribution in [-0.4, -0.2) is 55.3 Å². The van der Waals surface area contributed by atoms with Crippen LogP contribution in [0.2, 0.25) is 5.02 Å². The Bertz CT molecular complexity index is 1190. The Morgan fingerprint density at radius 2 is 1.94 bits per heavy atom. The smallest absolute Gasteiger partial charge is 0.343 e. The molecule has 34 heavy (non-hydrogen) atoms. The van der Waals surface area contributed by atoms with Crippen molar-refractivity contribution in [2.45, 2.75) is 0 Å². The number of nitrogens with one attached hydrogen (secondary N) is 1. The number of hydrogen-bond donors (Lipinski definition) is 1. The fraction of sp³-hybridized carbons (Fsp3) is 0.182.